The van der Waals surface area contributed by atoms with Crippen molar-refractivity contribution in [2.45, 2.75) is 32.2 Å². The lowest BCUT2D eigenvalue weighted by atomic mass is 10.1. The second-order valence-corrected chi connectivity index (χ2v) is 6.22. The number of nitrogens with zero attached hydrogens (tertiary/aromatic N) is 4. The third-order valence-corrected chi connectivity index (χ3v) is 4.68. The molecule has 1 aromatic carbocycles. The summed E-state index contributed by atoms with van der Waals surface area (Å²) in [6.07, 6.45) is -0.106. The van der Waals surface area contributed by atoms with Crippen molar-refractivity contribution in [2.75, 3.05) is 19.7 Å². The first-order chi connectivity index (χ1) is 11.7. The largest absolute Gasteiger partial charge is 0.375 e. The summed E-state index contributed by atoms with van der Waals surface area (Å²) in [5.74, 6) is 1.78. The number of halogens is 2. The van der Waals surface area contributed by atoms with Gasteiger partial charge in [0.05, 0.1) is 19.3 Å². The molecule has 0 saturated carbocycles. The van der Waals surface area contributed by atoms with Gasteiger partial charge in [0.2, 0.25) is 5.91 Å². The lowest BCUT2D eigenvalue weighted by Crippen LogP contribution is -2.57. The minimum absolute atomic E-state index is 0. The molecule has 9 heteroatoms. The molecule has 2 aliphatic heterocycles. The van der Waals surface area contributed by atoms with Crippen molar-refractivity contribution >= 4 is 30.7 Å². The molecule has 1 amide bonds. The Morgan fingerprint density at radius 1 is 1.19 bits per heavy atom. The van der Waals surface area contributed by atoms with E-state index in [0.717, 1.165) is 17.2 Å². The van der Waals surface area contributed by atoms with Gasteiger partial charge in [-0.2, -0.15) is 0 Å². The van der Waals surface area contributed by atoms with Crippen molar-refractivity contribution in [2.24, 2.45) is 0 Å². The minimum atomic E-state index is -0.276. The monoisotopic (exact) mass is 399 g/mol. The molecule has 1 saturated heterocycles. The van der Waals surface area contributed by atoms with Crippen LogP contribution in [0, 0.1) is 0 Å². The molecule has 1 aromatic heterocycles. The Hall–Kier alpha value is -1.67. The maximum absolute atomic E-state index is 12.8. The van der Waals surface area contributed by atoms with Crippen molar-refractivity contribution < 1.29 is 9.53 Å². The molecule has 1 N–H and O–H groups in total. The lowest BCUT2D eigenvalue weighted by Gasteiger charge is -2.35. The van der Waals surface area contributed by atoms with Gasteiger partial charge in [0.25, 0.3) is 0 Å². The van der Waals surface area contributed by atoms with E-state index in [1.165, 1.54) is 0 Å². The number of hydrogen-bond acceptors (Lipinski definition) is 5. The van der Waals surface area contributed by atoms with E-state index in [1.54, 1.807) is 0 Å². The van der Waals surface area contributed by atoms with Gasteiger partial charge in [0, 0.05) is 25.2 Å². The number of rotatable bonds is 2. The Morgan fingerprint density at radius 3 is 2.69 bits per heavy atom. The zero-order valence-electron chi connectivity index (χ0n) is 14.5. The third-order valence-electron chi connectivity index (χ3n) is 4.68. The van der Waals surface area contributed by atoms with Crippen LogP contribution in [0.2, 0.25) is 0 Å². The highest BCUT2D eigenvalue weighted by Crippen LogP contribution is 2.22. The Balaban J connectivity index is 0.00000121. The Morgan fingerprint density at radius 2 is 1.96 bits per heavy atom. The van der Waals surface area contributed by atoms with E-state index in [4.69, 9.17) is 4.74 Å². The minimum Gasteiger partial charge on any atom is -0.375 e. The maximum atomic E-state index is 12.8. The topological polar surface area (TPSA) is 72.3 Å². The average molecular weight is 400 g/mol. The number of hydrogen-bond donors (Lipinski definition) is 1. The van der Waals surface area contributed by atoms with E-state index in [0.29, 0.717) is 32.8 Å². The summed E-state index contributed by atoms with van der Waals surface area (Å²) in [6.45, 7) is 5.16. The first kappa shape index (κ1) is 20.6. The molecule has 0 spiro atoms. The molecule has 2 aromatic rings. The summed E-state index contributed by atoms with van der Waals surface area (Å²) in [7, 11) is 0. The summed E-state index contributed by atoms with van der Waals surface area (Å²) >= 11 is 0. The summed E-state index contributed by atoms with van der Waals surface area (Å²) in [5, 5.41) is 11.9. The van der Waals surface area contributed by atoms with Crippen molar-refractivity contribution in [3.63, 3.8) is 0 Å². The van der Waals surface area contributed by atoms with Crippen LogP contribution in [0.25, 0.3) is 11.4 Å². The molecule has 0 unspecified atom stereocenters. The SMILES string of the molecule is C[C@H]1OCCN[C@@H]1C(=O)N1CCn2c(nnc2-c2ccccc2)C1.Cl.Cl. The number of amides is 1. The molecule has 2 aliphatic rings. The normalized spacial score (nSPS) is 22.0. The number of benzene rings is 1. The predicted octanol–water partition coefficient (Wildman–Crippen LogP) is 1.51. The van der Waals surface area contributed by atoms with Crippen LogP contribution in [0.15, 0.2) is 30.3 Å². The highest BCUT2D eigenvalue weighted by molar-refractivity contribution is 5.85. The molecule has 7 nitrogen and oxygen atoms in total. The first-order valence-electron chi connectivity index (χ1n) is 8.35. The zero-order valence-corrected chi connectivity index (χ0v) is 16.1. The number of morpholine rings is 1. The van der Waals surface area contributed by atoms with Crippen LogP contribution in [0.1, 0.15) is 12.7 Å². The summed E-state index contributed by atoms with van der Waals surface area (Å²) in [5.41, 5.74) is 1.05. The van der Waals surface area contributed by atoms with Crippen molar-refractivity contribution in [3.05, 3.63) is 36.2 Å². The number of carbonyl (C=O) groups excluding carboxylic acids is 1. The van der Waals surface area contributed by atoms with E-state index in [2.05, 4.69) is 20.1 Å². The van der Waals surface area contributed by atoms with Gasteiger partial charge < -0.3 is 19.5 Å². The fourth-order valence-corrected chi connectivity index (χ4v) is 3.35. The average Bonchev–Trinajstić information content (AvgIpc) is 3.05. The fourth-order valence-electron chi connectivity index (χ4n) is 3.35. The van der Waals surface area contributed by atoms with Crippen LogP contribution in [-0.4, -0.2) is 57.4 Å². The van der Waals surface area contributed by atoms with E-state index in [-0.39, 0.29) is 42.9 Å². The second kappa shape index (κ2) is 8.81. The van der Waals surface area contributed by atoms with Crippen LogP contribution in [0.5, 0.6) is 0 Å². The molecule has 0 radical (unpaired) electrons. The quantitative estimate of drug-likeness (QED) is 0.828. The number of fused-ring (bicyclic) bond motifs is 1. The van der Waals surface area contributed by atoms with Gasteiger partial charge in [0.15, 0.2) is 11.6 Å². The van der Waals surface area contributed by atoms with Gasteiger partial charge in [-0.1, -0.05) is 30.3 Å². The van der Waals surface area contributed by atoms with Crippen molar-refractivity contribution in [1.29, 1.82) is 0 Å². The van der Waals surface area contributed by atoms with Crippen LogP contribution >= 0.6 is 24.8 Å². The lowest BCUT2D eigenvalue weighted by molar-refractivity contribution is -0.141. The highest BCUT2D eigenvalue weighted by Gasteiger charge is 2.34. The molecule has 26 heavy (non-hydrogen) atoms. The van der Waals surface area contributed by atoms with E-state index in [9.17, 15) is 4.79 Å². The van der Waals surface area contributed by atoms with Gasteiger partial charge in [-0.15, -0.1) is 35.0 Å². The van der Waals surface area contributed by atoms with Crippen LogP contribution in [0.3, 0.4) is 0 Å². The summed E-state index contributed by atoms with van der Waals surface area (Å²) in [6, 6.07) is 9.75. The maximum Gasteiger partial charge on any atom is 0.242 e. The third kappa shape index (κ3) is 3.86. The smallest absolute Gasteiger partial charge is 0.242 e. The molecule has 1 fully saturated rings. The van der Waals surface area contributed by atoms with Gasteiger partial charge in [-0.25, -0.2) is 0 Å². The van der Waals surface area contributed by atoms with Gasteiger partial charge in [-0.05, 0) is 6.92 Å². The number of ether oxygens (including phenoxy) is 1. The summed E-state index contributed by atoms with van der Waals surface area (Å²) < 4.78 is 7.70. The molecule has 0 bridgehead atoms. The van der Waals surface area contributed by atoms with Crippen molar-refractivity contribution in [1.82, 2.24) is 25.0 Å². The first-order valence-corrected chi connectivity index (χ1v) is 8.35. The van der Waals surface area contributed by atoms with Crippen LogP contribution in [0.4, 0.5) is 0 Å². The van der Waals surface area contributed by atoms with Gasteiger partial charge >= 0.3 is 0 Å². The van der Waals surface area contributed by atoms with E-state index < -0.39 is 0 Å². The predicted molar refractivity (Wildman–Crippen MR) is 103 cm³/mol. The van der Waals surface area contributed by atoms with Crippen molar-refractivity contribution in [3.8, 4) is 11.4 Å². The second-order valence-electron chi connectivity index (χ2n) is 6.22. The molecule has 142 valence electrons. The molecular formula is C17H23Cl2N5O2. The Kier molecular flexibility index (Phi) is 7.00. The fraction of sp³-hybridized carbons (Fsp3) is 0.471. The van der Waals surface area contributed by atoms with Gasteiger partial charge in [-0.3, -0.25) is 4.79 Å². The Labute approximate surface area is 164 Å². The standard InChI is InChI=1S/C17H21N5O2.2ClH/c1-12-15(18-7-10-24-12)17(23)21-8-9-22-14(11-21)19-20-16(22)13-5-3-2-4-6-13;;/h2-6,12,15,18H,7-11H2,1H3;2*1H/t12-,15+;;/m1../s1. The Bertz CT molecular complexity index is 740. The van der Waals surface area contributed by atoms with E-state index >= 15 is 0 Å². The van der Waals surface area contributed by atoms with Gasteiger partial charge in [0.1, 0.15) is 6.04 Å². The molecule has 3 heterocycles. The molecule has 0 aliphatic carbocycles. The number of carbonyl (C=O) groups is 1. The number of nitrogens with one attached hydrogen (secondary N) is 1. The molecule has 4 rings (SSSR count). The zero-order chi connectivity index (χ0) is 16.5. The highest BCUT2D eigenvalue weighted by atomic mass is 35.5. The van der Waals surface area contributed by atoms with E-state index in [1.807, 2.05) is 42.2 Å². The molecular weight excluding hydrogens is 377 g/mol. The van der Waals surface area contributed by atoms with Crippen LogP contribution < -0.4 is 5.32 Å². The van der Waals surface area contributed by atoms with Crippen LogP contribution in [-0.2, 0) is 22.6 Å². The molecule has 2 atom stereocenters. The number of aromatic nitrogens is 3. The summed E-state index contributed by atoms with van der Waals surface area (Å²) in [4.78, 5) is 14.6.